The average molecular weight is 280 g/mol. The van der Waals surface area contributed by atoms with E-state index >= 15 is 0 Å². The number of amides is 1. The average Bonchev–Trinajstić information content (AvgIpc) is 2.40. The maximum absolute atomic E-state index is 13.5. The second-order valence-electron chi connectivity index (χ2n) is 4.14. The minimum Gasteiger partial charge on any atom is -0.383 e. The van der Waals surface area contributed by atoms with Gasteiger partial charge in [-0.15, -0.1) is 0 Å². The number of carbonyl (C=O) groups excluding carboxylic acids is 1. The number of carbonyl (C=O) groups is 1. The summed E-state index contributed by atoms with van der Waals surface area (Å²) in [7, 11) is 1.48. The van der Waals surface area contributed by atoms with Gasteiger partial charge in [-0.25, -0.2) is 8.78 Å². The van der Waals surface area contributed by atoms with Gasteiger partial charge in [0.1, 0.15) is 11.6 Å². The van der Waals surface area contributed by atoms with Crippen LogP contribution in [0.15, 0.2) is 23.8 Å². The predicted molar refractivity (Wildman–Crippen MR) is 69.4 cm³/mol. The fourth-order valence-electron chi connectivity index (χ4n) is 1.53. The topological polar surface area (TPSA) is 62.1 Å². The number of nitrogens with zero attached hydrogens (tertiary/aromatic N) is 1. The van der Waals surface area contributed by atoms with Gasteiger partial charge in [-0.3, -0.25) is 4.79 Å². The Labute approximate surface area is 115 Å². The fraction of sp³-hybridized carbons (Fsp3) is 0.286. The molecule has 0 aromatic heterocycles. The van der Waals surface area contributed by atoms with E-state index in [1.807, 2.05) is 0 Å². The van der Waals surface area contributed by atoms with E-state index in [0.29, 0.717) is 0 Å². The quantitative estimate of drug-likeness (QED) is 0.663. The number of hydrogen-bond donors (Lipinski definition) is 1. The van der Waals surface area contributed by atoms with Gasteiger partial charge in [-0.1, -0.05) is 12.1 Å². The highest BCUT2D eigenvalue weighted by Gasteiger charge is 2.14. The van der Waals surface area contributed by atoms with Crippen LogP contribution in [0.4, 0.5) is 8.78 Å². The van der Waals surface area contributed by atoms with Gasteiger partial charge in [-0.2, -0.15) is 5.26 Å². The summed E-state index contributed by atoms with van der Waals surface area (Å²) in [6.07, 6.45) is 1.01. The van der Waals surface area contributed by atoms with E-state index in [9.17, 15) is 13.6 Å². The highest BCUT2D eigenvalue weighted by Crippen LogP contribution is 2.15. The molecule has 1 aromatic carbocycles. The number of hydrogen-bond acceptors (Lipinski definition) is 3. The number of rotatable bonds is 5. The number of nitriles is 1. The van der Waals surface area contributed by atoms with Crippen LogP contribution in [0.5, 0.6) is 0 Å². The van der Waals surface area contributed by atoms with Crippen LogP contribution in [0.2, 0.25) is 0 Å². The summed E-state index contributed by atoms with van der Waals surface area (Å²) in [5.74, 6) is -2.80. The molecule has 0 aliphatic rings. The van der Waals surface area contributed by atoms with Crippen LogP contribution >= 0.6 is 0 Å². The summed E-state index contributed by atoms with van der Waals surface area (Å²) in [6.45, 7) is 1.97. The van der Waals surface area contributed by atoms with Gasteiger partial charge in [0.2, 0.25) is 0 Å². The first-order valence-corrected chi connectivity index (χ1v) is 5.85. The largest absolute Gasteiger partial charge is 0.383 e. The molecular weight excluding hydrogens is 266 g/mol. The van der Waals surface area contributed by atoms with Crippen molar-refractivity contribution in [2.24, 2.45) is 0 Å². The second kappa shape index (κ2) is 7.36. The Kier molecular flexibility index (Phi) is 5.81. The van der Waals surface area contributed by atoms with Crippen LogP contribution in [0, 0.1) is 23.0 Å². The predicted octanol–water partition coefficient (Wildman–Crippen LogP) is 2.02. The zero-order chi connectivity index (χ0) is 15.1. The monoisotopic (exact) mass is 280 g/mol. The van der Waals surface area contributed by atoms with E-state index in [2.05, 4.69) is 5.32 Å². The summed E-state index contributed by atoms with van der Waals surface area (Å²) >= 11 is 0. The SMILES string of the molecule is COC[C@H](C)NC(=O)/C(C#N)=C\c1cccc(F)c1F. The smallest absolute Gasteiger partial charge is 0.262 e. The molecule has 0 bridgehead atoms. The Bertz CT molecular complexity index is 565. The third kappa shape index (κ3) is 4.14. The lowest BCUT2D eigenvalue weighted by atomic mass is 10.1. The molecule has 0 heterocycles. The molecule has 0 fully saturated rings. The summed E-state index contributed by atoms with van der Waals surface area (Å²) in [6, 6.07) is 4.89. The molecule has 106 valence electrons. The molecule has 1 aromatic rings. The fourth-order valence-corrected chi connectivity index (χ4v) is 1.53. The van der Waals surface area contributed by atoms with Crippen LogP contribution < -0.4 is 5.32 Å². The molecule has 0 spiro atoms. The highest BCUT2D eigenvalue weighted by molar-refractivity contribution is 6.01. The zero-order valence-corrected chi connectivity index (χ0v) is 11.1. The zero-order valence-electron chi connectivity index (χ0n) is 11.1. The van der Waals surface area contributed by atoms with E-state index in [1.165, 1.54) is 19.2 Å². The maximum atomic E-state index is 13.5. The second-order valence-corrected chi connectivity index (χ2v) is 4.14. The van der Waals surface area contributed by atoms with Gasteiger partial charge in [-0.05, 0) is 19.1 Å². The summed E-state index contributed by atoms with van der Waals surface area (Å²) < 4.78 is 31.3. The molecule has 0 aliphatic heterocycles. The van der Waals surface area contributed by atoms with Crippen LogP contribution in [0.25, 0.3) is 6.08 Å². The van der Waals surface area contributed by atoms with Crippen molar-refractivity contribution in [1.82, 2.24) is 5.32 Å². The van der Waals surface area contributed by atoms with Gasteiger partial charge in [0.25, 0.3) is 5.91 Å². The van der Waals surface area contributed by atoms with Crippen molar-refractivity contribution in [2.45, 2.75) is 13.0 Å². The van der Waals surface area contributed by atoms with E-state index < -0.39 is 17.5 Å². The molecule has 0 saturated heterocycles. The molecule has 6 heteroatoms. The summed E-state index contributed by atoms with van der Waals surface area (Å²) in [5, 5.41) is 11.4. The molecule has 0 radical (unpaired) electrons. The molecular formula is C14H14F2N2O2. The van der Waals surface area contributed by atoms with Crippen molar-refractivity contribution in [1.29, 1.82) is 5.26 Å². The maximum Gasteiger partial charge on any atom is 0.262 e. The van der Waals surface area contributed by atoms with Gasteiger partial charge in [0.15, 0.2) is 11.6 Å². The minimum atomic E-state index is -1.10. The van der Waals surface area contributed by atoms with Gasteiger partial charge < -0.3 is 10.1 Å². The van der Waals surface area contributed by atoms with E-state index in [-0.39, 0.29) is 23.8 Å². The first kappa shape index (κ1) is 15.8. The van der Waals surface area contributed by atoms with Crippen molar-refractivity contribution in [3.05, 3.63) is 41.0 Å². The lowest BCUT2D eigenvalue weighted by molar-refractivity contribution is -0.117. The lowest BCUT2D eigenvalue weighted by Crippen LogP contribution is -2.36. The molecule has 1 amide bonds. The van der Waals surface area contributed by atoms with E-state index in [1.54, 1.807) is 13.0 Å². The molecule has 0 aliphatic carbocycles. The number of ether oxygens (including phenoxy) is 1. The van der Waals surface area contributed by atoms with Crippen LogP contribution in [-0.2, 0) is 9.53 Å². The molecule has 0 unspecified atom stereocenters. The molecule has 4 nitrogen and oxygen atoms in total. The molecule has 1 rings (SSSR count). The molecule has 20 heavy (non-hydrogen) atoms. The molecule has 1 atom stereocenters. The Morgan fingerprint density at radius 2 is 2.25 bits per heavy atom. The van der Waals surface area contributed by atoms with Crippen molar-refractivity contribution < 1.29 is 18.3 Å². The van der Waals surface area contributed by atoms with Crippen LogP contribution in [0.1, 0.15) is 12.5 Å². The number of benzene rings is 1. The summed E-state index contributed by atoms with van der Waals surface area (Å²) in [4.78, 5) is 11.8. The minimum absolute atomic E-state index is 0.156. The molecule has 0 saturated carbocycles. The van der Waals surface area contributed by atoms with Gasteiger partial charge in [0, 0.05) is 18.7 Å². The Morgan fingerprint density at radius 1 is 1.55 bits per heavy atom. The normalized spacial score (nSPS) is 12.7. The van der Waals surface area contributed by atoms with Crippen molar-refractivity contribution in [3.8, 4) is 6.07 Å². The van der Waals surface area contributed by atoms with Gasteiger partial charge >= 0.3 is 0 Å². The third-order valence-electron chi connectivity index (χ3n) is 2.44. The van der Waals surface area contributed by atoms with E-state index in [4.69, 9.17) is 10.00 Å². The number of nitrogens with one attached hydrogen (secondary N) is 1. The number of methoxy groups -OCH3 is 1. The van der Waals surface area contributed by atoms with Crippen LogP contribution in [-0.4, -0.2) is 25.7 Å². The summed E-state index contributed by atoms with van der Waals surface area (Å²) in [5.41, 5.74) is -0.464. The Morgan fingerprint density at radius 3 is 2.85 bits per heavy atom. The van der Waals surface area contributed by atoms with Crippen molar-refractivity contribution in [2.75, 3.05) is 13.7 Å². The molecule has 1 N–H and O–H groups in total. The Hall–Kier alpha value is -2.26. The third-order valence-corrected chi connectivity index (χ3v) is 2.44. The van der Waals surface area contributed by atoms with E-state index in [0.717, 1.165) is 12.1 Å². The first-order chi connectivity index (χ1) is 9.49. The lowest BCUT2D eigenvalue weighted by Gasteiger charge is -2.12. The Balaban J connectivity index is 2.96. The number of halogens is 2. The van der Waals surface area contributed by atoms with Crippen molar-refractivity contribution >= 4 is 12.0 Å². The van der Waals surface area contributed by atoms with Gasteiger partial charge in [0.05, 0.1) is 6.61 Å². The standard InChI is InChI=1S/C14H14F2N2O2/c1-9(8-20-2)18-14(19)11(7-17)6-10-4-3-5-12(15)13(10)16/h3-6,9H,8H2,1-2H3,(H,18,19)/b11-6-/t9-/m0/s1. The highest BCUT2D eigenvalue weighted by atomic mass is 19.2. The first-order valence-electron chi connectivity index (χ1n) is 5.85. The van der Waals surface area contributed by atoms with Crippen LogP contribution in [0.3, 0.4) is 0 Å². The van der Waals surface area contributed by atoms with Crippen molar-refractivity contribution in [3.63, 3.8) is 0 Å².